The Bertz CT molecular complexity index is 398. The van der Waals surface area contributed by atoms with Crippen molar-refractivity contribution in [3.63, 3.8) is 0 Å². The van der Waals surface area contributed by atoms with E-state index in [9.17, 15) is 9.59 Å². The van der Waals surface area contributed by atoms with Gasteiger partial charge in [-0.05, 0) is 37.0 Å². The standard InChI is InChI=1S/C17H30N2O2/c1-5-12(4)14-16(21)19(13(6-2)15(20)18-14)11-17(7-3)9-8-10-17/h12-14H,5-11H2,1-4H3,(H,18,20). The van der Waals surface area contributed by atoms with Crippen molar-refractivity contribution in [3.05, 3.63) is 0 Å². The maximum absolute atomic E-state index is 12.9. The molecule has 3 atom stereocenters. The Labute approximate surface area is 128 Å². The van der Waals surface area contributed by atoms with Crippen molar-refractivity contribution < 1.29 is 9.59 Å². The summed E-state index contributed by atoms with van der Waals surface area (Å²) >= 11 is 0. The van der Waals surface area contributed by atoms with E-state index in [0.29, 0.717) is 6.42 Å². The molecule has 0 aromatic rings. The fraction of sp³-hybridized carbons (Fsp3) is 0.882. The zero-order valence-corrected chi connectivity index (χ0v) is 13.9. The van der Waals surface area contributed by atoms with Crippen LogP contribution in [0.5, 0.6) is 0 Å². The third-order valence-electron chi connectivity index (χ3n) is 5.80. The van der Waals surface area contributed by atoms with Crippen LogP contribution < -0.4 is 5.32 Å². The molecule has 1 N–H and O–H groups in total. The first kappa shape index (κ1) is 16.3. The van der Waals surface area contributed by atoms with Crippen LogP contribution in [0.25, 0.3) is 0 Å². The number of hydrogen-bond acceptors (Lipinski definition) is 2. The van der Waals surface area contributed by atoms with Crippen molar-refractivity contribution >= 4 is 11.8 Å². The van der Waals surface area contributed by atoms with Gasteiger partial charge in [0.15, 0.2) is 0 Å². The fourth-order valence-electron chi connectivity index (χ4n) is 3.66. The van der Waals surface area contributed by atoms with Gasteiger partial charge in [0.05, 0.1) is 0 Å². The highest BCUT2D eigenvalue weighted by Gasteiger charge is 2.46. The van der Waals surface area contributed by atoms with Crippen molar-refractivity contribution in [1.82, 2.24) is 10.2 Å². The molecule has 1 heterocycles. The van der Waals surface area contributed by atoms with Crippen LogP contribution >= 0.6 is 0 Å². The predicted octanol–water partition coefficient (Wildman–Crippen LogP) is 2.72. The smallest absolute Gasteiger partial charge is 0.246 e. The SMILES string of the molecule is CCC(C)C1NC(=O)C(CC)N(CC2(CC)CCC2)C1=O. The number of carbonyl (C=O) groups is 2. The van der Waals surface area contributed by atoms with E-state index in [-0.39, 0.29) is 35.2 Å². The van der Waals surface area contributed by atoms with Crippen molar-refractivity contribution in [1.29, 1.82) is 0 Å². The van der Waals surface area contributed by atoms with Crippen LogP contribution in [0.3, 0.4) is 0 Å². The third kappa shape index (κ3) is 2.95. The van der Waals surface area contributed by atoms with Crippen molar-refractivity contribution in [2.45, 2.75) is 78.3 Å². The molecule has 1 aliphatic carbocycles. The highest BCUT2D eigenvalue weighted by atomic mass is 16.2. The van der Waals surface area contributed by atoms with Gasteiger partial charge in [0.1, 0.15) is 12.1 Å². The lowest BCUT2D eigenvalue weighted by Crippen LogP contribution is -2.66. The van der Waals surface area contributed by atoms with Crippen LogP contribution in [0.1, 0.15) is 66.2 Å². The molecular formula is C17H30N2O2. The topological polar surface area (TPSA) is 49.4 Å². The van der Waals surface area contributed by atoms with Crippen molar-refractivity contribution in [2.75, 3.05) is 6.54 Å². The quantitative estimate of drug-likeness (QED) is 0.819. The van der Waals surface area contributed by atoms with E-state index in [1.807, 2.05) is 18.7 Å². The van der Waals surface area contributed by atoms with Crippen LogP contribution in [0.2, 0.25) is 0 Å². The van der Waals surface area contributed by atoms with Gasteiger partial charge in [0.2, 0.25) is 11.8 Å². The lowest BCUT2D eigenvalue weighted by Gasteiger charge is -2.49. The maximum atomic E-state index is 12.9. The summed E-state index contributed by atoms with van der Waals surface area (Å²) in [6, 6.07) is -0.610. The summed E-state index contributed by atoms with van der Waals surface area (Å²) in [5, 5.41) is 2.96. The monoisotopic (exact) mass is 294 g/mol. The van der Waals surface area contributed by atoms with E-state index < -0.39 is 0 Å². The largest absolute Gasteiger partial charge is 0.342 e. The summed E-state index contributed by atoms with van der Waals surface area (Å²) in [5.41, 5.74) is 0.265. The molecule has 2 amide bonds. The molecule has 4 nitrogen and oxygen atoms in total. The molecule has 120 valence electrons. The van der Waals surface area contributed by atoms with Gasteiger partial charge in [-0.15, -0.1) is 0 Å². The van der Waals surface area contributed by atoms with Crippen molar-refractivity contribution in [2.24, 2.45) is 11.3 Å². The Balaban J connectivity index is 2.20. The Hall–Kier alpha value is -1.06. The zero-order valence-electron chi connectivity index (χ0n) is 13.9. The van der Waals surface area contributed by atoms with E-state index in [0.717, 1.165) is 19.4 Å². The highest BCUT2D eigenvalue weighted by molar-refractivity contribution is 5.97. The van der Waals surface area contributed by atoms with Gasteiger partial charge in [-0.2, -0.15) is 0 Å². The number of hydrogen-bond donors (Lipinski definition) is 1. The van der Waals surface area contributed by atoms with Gasteiger partial charge in [-0.1, -0.05) is 40.5 Å². The number of nitrogens with zero attached hydrogens (tertiary/aromatic N) is 1. The molecule has 2 aliphatic rings. The van der Waals surface area contributed by atoms with Crippen LogP contribution in [-0.4, -0.2) is 35.3 Å². The molecule has 4 heteroatoms. The van der Waals surface area contributed by atoms with Crippen LogP contribution in [0, 0.1) is 11.3 Å². The van der Waals surface area contributed by atoms with Crippen LogP contribution in [-0.2, 0) is 9.59 Å². The summed E-state index contributed by atoms with van der Waals surface area (Å²) in [4.78, 5) is 27.2. The minimum atomic E-state index is -0.334. The van der Waals surface area contributed by atoms with E-state index in [4.69, 9.17) is 0 Å². The molecule has 0 aromatic heterocycles. The minimum Gasteiger partial charge on any atom is -0.342 e. The number of rotatable bonds is 6. The molecule has 1 aliphatic heterocycles. The van der Waals surface area contributed by atoms with Crippen LogP contribution in [0.4, 0.5) is 0 Å². The van der Waals surface area contributed by atoms with E-state index >= 15 is 0 Å². The molecule has 1 saturated heterocycles. The van der Waals surface area contributed by atoms with Gasteiger partial charge in [0.25, 0.3) is 0 Å². The van der Waals surface area contributed by atoms with E-state index in [1.54, 1.807) is 0 Å². The van der Waals surface area contributed by atoms with Gasteiger partial charge >= 0.3 is 0 Å². The van der Waals surface area contributed by atoms with Crippen molar-refractivity contribution in [3.8, 4) is 0 Å². The molecule has 2 rings (SSSR count). The molecule has 0 radical (unpaired) electrons. The van der Waals surface area contributed by atoms with Crippen LogP contribution in [0.15, 0.2) is 0 Å². The van der Waals surface area contributed by atoms with E-state index in [2.05, 4.69) is 19.2 Å². The molecular weight excluding hydrogens is 264 g/mol. The molecule has 0 spiro atoms. The molecule has 0 bridgehead atoms. The second kappa shape index (κ2) is 6.37. The molecule has 3 unspecified atom stereocenters. The molecule has 21 heavy (non-hydrogen) atoms. The zero-order chi connectivity index (χ0) is 15.6. The van der Waals surface area contributed by atoms with E-state index in [1.165, 1.54) is 19.3 Å². The summed E-state index contributed by atoms with van der Waals surface area (Å²) in [5.74, 6) is 0.365. The van der Waals surface area contributed by atoms with Gasteiger partial charge in [-0.3, -0.25) is 9.59 Å². The molecule has 0 aromatic carbocycles. The number of piperazine rings is 1. The number of carbonyl (C=O) groups excluding carboxylic acids is 2. The first-order chi connectivity index (χ1) is 9.98. The Morgan fingerprint density at radius 3 is 2.38 bits per heavy atom. The summed E-state index contributed by atoms with van der Waals surface area (Å²) in [6.45, 7) is 9.08. The maximum Gasteiger partial charge on any atom is 0.246 e. The summed E-state index contributed by atoms with van der Waals surface area (Å²) in [7, 11) is 0. The fourth-order valence-corrected chi connectivity index (χ4v) is 3.66. The first-order valence-electron chi connectivity index (χ1n) is 8.59. The molecule has 2 fully saturated rings. The number of nitrogens with one attached hydrogen (secondary N) is 1. The summed E-state index contributed by atoms with van der Waals surface area (Å²) < 4.78 is 0. The second-order valence-corrected chi connectivity index (χ2v) is 6.97. The second-order valence-electron chi connectivity index (χ2n) is 6.97. The Morgan fingerprint density at radius 2 is 1.95 bits per heavy atom. The highest BCUT2D eigenvalue weighted by Crippen LogP contribution is 2.45. The van der Waals surface area contributed by atoms with Gasteiger partial charge in [-0.25, -0.2) is 0 Å². The third-order valence-corrected chi connectivity index (χ3v) is 5.80. The summed E-state index contributed by atoms with van der Waals surface area (Å²) in [6.07, 6.45) is 6.35. The number of amides is 2. The average molecular weight is 294 g/mol. The minimum absolute atomic E-state index is 0.0352. The predicted molar refractivity (Wildman–Crippen MR) is 83.8 cm³/mol. The lowest BCUT2D eigenvalue weighted by atomic mass is 9.66. The first-order valence-corrected chi connectivity index (χ1v) is 8.59. The lowest BCUT2D eigenvalue weighted by molar-refractivity contribution is -0.154. The Morgan fingerprint density at radius 1 is 1.29 bits per heavy atom. The average Bonchev–Trinajstić information content (AvgIpc) is 2.45. The Kier molecular flexibility index (Phi) is 4.95. The van der Waals surface area contributed by atoms with Gasteiger partial charge in [0, 0.05) is 6.54 Å². The normalized spacial score (nSPS) is 29.8. The molecule has 1 saturated carbocycles. The van der Waals surface area contributed by atoms with Gasteiger partial charge < -0.3 is 10.2 Å².